The highest BCUT2D eigenvalue weighted by molar-refractivity contribution is 6.02. The summed E-state index contributed by atoms with van der Waals surface area (Å²) < 4.78 is 0. The first kappa shape index (κ1) is 14.8. The van der Waals surface area contributed by atoms with E-state index in [4.69, 9.17) is 0 Å². The number of phenols is 1. The average Bonchev–Trinajstić information content (AvgIpc) is 2.47. The Hall–Kier alpha value is -2.62. The summed E-state index contributed by atoms with van der Waals surface area (Å²) in [6.45, 7) is 5.56. The normalized spacial score (nSPS) is 11.3. The van der Waals surface area contributed by atoms with Gasteiger partial charge in [-0.3, -0.25) is 4.79 Å². The van der Waals surface area contributed by atoms with E-state index in [2.05, 4.69) is 10.5 Å². The fourth-order valence-electron chi connectivity index (χ4n) is 2.08. The summed E-state index contributed by atoms with van der Waals surface area (Å²) in [5.41, 5.74) is 6.14. The standard InChI is InChI=1S/C17H18N2O2/c1-11-7-4-5-9-14(11)13(3)18-19-17(21)15-10-6-8-12(2)16(15)20/h4-10,20H,1-3H3,(H,19,21)/b18-13-. The molecule has 0 bridgehead atoms. The van der Waals surface area contributed by atoms with Crippen LogP contribution in [0, 0.1) is 13.8 Å². The summed E-state index contributed by atoms with van der Waals surface area (Å²) in [5.74, 6) is -0.442. The second-order valence-electron chi connectivity index (χ2n) is 4.92. The number of para-hydroxylation sites is 1. The van der Waals surface area contributed by atoms with Crippen molar-refractivity contribution in [1.29, 1.82) is 0 Å². The maximum Gasteiger partial charge on any atom is 0.275 e. The van der Waals surface area contributed by atoms with Crippen molar-refractivity contribution < 1.29 is 9.90 Å². The Bertz CT molecular complexity index is 706. The molecule has 2 aromatic rings. The van der Waals surface area contributed by atoms with Crippen molar-refractivity contribution in [3.63, 3.8) is 0 Å². The zero-order chi connectivity index (χ0) is 15.4. The number of rotatable bonds is 3. The Balaban J connectivity index is 2.19. The summed E-state index contributed by atoms with van der Waals surface area (Å²) >= 11 is 0. The molecule has 0 fully saturated rings. The Morgan fingerprint density at radius 3 is 2.33 bits per heavy atom. The van der Waals surface area contributed by atoms with Crippen molar-refractivity contribution >= 4 is 11.6 Å². The van der Waals surface area contributed by atoms with E-state index < -0.39 is 5.91 Å². The maximum absolute atomic E-state index is 12.1. The Kier molecular flexibility index (Phi) is 4.38. The van der Waals surface area contributed by atoms with Crippen molar-refractivity contribution in [2.45, 2.75) is 20.8 Å². The molecule has 0 aliphatic carbocycles. The lowest BCUT2D eigenvalue weighted by molar-refractivity contribution is 0.0952. The lowest BCUT2D eigenvalue weighted by atomic mass is 10.1. The predicted molar refractivity (Wildman–Crippen MR) is 83.7 cm³/mol. The topological polar surface area (TPSA) is 61.7 Å². The van der Waals surface area contributed by atoms with Crippen LogP contribution in [-0.4, -0.2) is 16.7 Å². The van der Waals surface area contributed by atoms with Crippen molar-refractivity contribution in [3.8, 4) is 5.75 Å². The Labute approximate surface area is 124 Å². The first-order chi connectivity index (χ1) is 10.0. The van der Waals surface area contributed by atoms with Crippen molar-refractivity contribution in [1.82, 2.24) is 5.43 Å². The molecule has 0 aliphatic rings. The van der Waals surface area contributed by atoms with Gasteiger partial charge in [-0.15, -0.1) is 0 Å². The fraction of sp³-hybridized carbons (Fsp3) is 0.176. The van der Waals surface area contributed by atoms with Gasteiger partial charge >= 0.3 is 0 Å². The first-order valence-electron chi connectivity index (χ1n) is 6.70. The summed E-state index contributed by atoms with van der Waals surface area (Å²) in [6, 6.07) is 12.9. The number of amides is 1. The minimum absolute atomic E-state index is 0.0151. The molecule has 0 spiro atoms. The first-order valence-corrected chi connectivity index (χ1v) is 6.70. The maximum atomic E-state index is 12.1. The quantitative estimate of drug-likeness (QED) is 0.671. The van der Waals surface area contributed by atoms with Gasteiger partial charge in [0, 0.05) is 5.56 Å². The molecule has 0 radical (unpaired) electrons. The van der Waals surface area contributed by atoms with Gasteiger partial charge in [0.2, 0.25) is 0 Å². The van der Waals surface area contributed by atoms with Crippen LogP contribution in [0.2, 0.25) is 0 Å². The molecular weight excluding hydrogens is 264 g/mol. The van der Waals surface area contributed by atoms with Gasteiger partial charge in [-0.25, -0.2) is 5.43 Å². The fourth-order valence-corrected chi connectivity index (χ4v) is 2.08. The molecule has 108 valence electrons. The molecular formula is C17H18N2O2. The minimum Gasteiger partial charge on any atom is -0.507 e. The summed E-state index contributed by atoms with van der Waals surface area (Å²) in [7, 11) is 0. The van der Waals surface area contributed by atoms with Crippen LogP contribution in [0.25, 0.3) is 0 Å². The predicted octanol–water partition coefficient (Wildman–Crippen LogP) is 3.16. The lowest BCUT2D eigenvalue weighted by Gasteiger charge is -2.07. The lowest BCUT2D eigenvalue weighted by Crippen LogP contribution is -2.19. The number of aromatic hydroxyl groups is 1. The minimum atomic E-state index is -0.427. The number of aryl methyl sites for hydroxylation is 2. The molecule has 0 heterocycles. The van der Waals surface area contributed by atoms with E-state index in [1.165, 1.54) is 0 Å². The molecule has 1 amide bonds. The molecule has 0 aromatic heterocycles. The zero-order valence-electron chi connectivity index (χ0n) is 12.3. The molecule has 4 nitrogen and oxygen atoms in total. The van der Waals surface area contributed by atoms with Gasteiger partial charge in [-0.05, 0) is 38.0 Å². The van der Waals surface area contributed by atoms with Gasteiger partial charge in [-0.2, -0.15) is 5.10 Å². The van der Waals surface area contributed by atoms with Crippen LogP contribution in [0.5, 0.6) is 5.75 Å². The van der Waals surface area contributed by atoms with E-state index in [9.17, 15) is 9.90 Å². The number of hydrogen-bond acceptors (Lipinski definition) is 3. The molecule has 2 aromatic carbocycles. The molecule has 0 aliphatic heterocycles. The number of hydrazone groups is 1. The van der Waals surface area contributed by atoms with Crippen LogP contribution in [-0.2, 0) is 0 Å². The number of nitrogens with one attached hydrogen (secondary N) is 1. The van der Waals surface area contributed by atoms with E-state index in [1.54, 1.807) is 25.1 Å². The van der Waals surface area contributed by atoms with Crippen molar-refractivity contribution in [2.75, 3.05) is 0 Å². The van der Waals surface area contributed by atoms with Gasteiger partial charge in [0.25, 0.3) is 5.91 Å². The van der Waals surface area contributed by atoms with E-state index in [0.717, 1.165) is 11.1 Å². The van der Waals surface area contributed by atoms with E-state index in [0.29, 0.717) is 11.3 Å². The van der Waals surface area contributed by atoms with Gasteiger partial charge in [0.1, 0.15) is 5.75 Å². The third-order valence-corrected chi connectivity index (χ3v) is 3.34. The van der Waals surface area contributed by atoms with E-state index >= 15 is 0 Å². The SMILES string of the molecule is C/C(=N/NC(=O)c1cccc(C)c1O)c1ccccc1C. The third-order valence-electron chi connectivity index (χ3n) is 3.34. The zero-order valence-corrected chi connectivity index (χ0v) is 12.3. The number of carbonyl (C=O) groups excluding carboxylic acids is 1. The van der Waals surface area contributed by atoms with Gasteiger partial charge in [0.05, 0.1) is 11.3 Å². The van der Waals surface area contributed by atoms with E-state index in [-0.39, 0.29) is 11.3 Å². The molecule has 4 heteroatoms. The molecule has 0 unspecified atom stereocenters. The molecule has 2 N–H and O–H groups in total. The average molecular weight is 282 g/mol. The summed E-state index contributed by atoms with van der Waals surface area (Å²) in [6.07, 6.45) is 0. The number of hydrogen-bond donors (Lipinski definition) is 2. The van der Waals surface area contributed by atoms with Crippen LogP contribution in [0.1, 0.15) is 34.0 Å². The molecule has 0 saturated carbocycles. The van der Waals surface area contributed by atoms with Crippen molar-refractivity contribution in [3.05, 3.63) is 64.7 Å². The molecule has 0 atom stereocenters. The van der Waals surface area contributed by atoms with E-state index in [1.807, 2.05) is 38.1 Å². The van der Waals surface area contributed by atoms with Crippen LogP contribution in [0.4, 0.5) is 0 Å². The molecule has 2 rings (SSSR count). The third kappa shape index (κ3) is 3.28. The van der Waals surface area contributed by atoms with Gasteiger partial charge < -0.3 is 5.11 Å². The number of phenolic OH excluding ortho intramolecular Hbond substituents is 1. The number of nitrogens with zero attached hydrogens (tertiary/aromatic N) is 1. The summed E-state index contributed by atoms with van der Waals surface area (Å²) in [5, 5.41) is 14.0. The highest BCUT2D eigenvalue weighted by Crippen LogP contribution is 2.21. The second-order valence-corrected chi connectivity index (χ2v) is 4.92. The van der Waals surface area contributed by atoms with Crippen LogP contribution in [0.3, 0.4) is 0 Å². The Morgan fingerprint density at radius 2 is 1.62 bits per heavy atom. The molecule has 0 saturated heterocycles. The summed E-state index contributed by atoms with van der Waals surface area (Å²) in [4.78, 5) is 12.1. The number of benzene rings is 2. The smallest absolute Gasteiger partial charge is 0.275 e. The second kappa shape index (κ2) is 6.22. The van der Waals surface area contributed by atoms with Crippen molar-refractivity contribution in [2.24, 2.45) is 5.10 Å². The Morgan fingerprint density at radius 1 is 1.00 bits per heavy atom. The molecule has 21 heavy (non-hydrogen) atoms. The largest absolute Gasteiger partial charge is 0.507 e. The van der Waals surface area contributed by atoms with Crippen LogP contribution in [0.15, 0.2) is 47.6 Å². The number of carbonyl (C=O) groups is 1. The highest BCUT2D eigenvalue weighted by Gasteiger charge is 2.12. The van der Waals surface area contributed by atoms with Crippen LogP contribution >= 0.6 is 0 Å². The van der Waals surface area contributed by atoms with Crippen LogP contribution < -0.4 is 5.43 Å². The highest BCUT2D eigenvalue weighted by atomic mass is 16.3. The monoisotopic (exact) mass is 282 g/mol. The van der Waals surface area contributed by atoms with Gasteiger partial charge in [-0.1, -0.05) is 36.4 Å². The van der Waals surface area contributed by atoms with Gasteiger partial charge in [0.15, 0.2) is 0 Å².